The maximum absolute atomic E-state index is 12.7. The summed E-state index contributed by atoms with van der Waals surface area (Å²) < 4.78 is 2.12. The molecular weight excluding hydrogens is 336 g/mol. The van der Waals surface area contributed by atoms with Gasteiger partial charge in [-0.15, -0.1) is 0 Å². The first-order valence-corrected chi connectivity index (χ1v) is 9.51. The molecule has 6 nitrogen and oxygen atoms in total. The summed E-state index contributed by atoms with van der Waals surface area (Å²) in [5.74, 6) is 0.879. The van der Waals surface area contributed by atoms with Crippen LogP contribution >= 0.6 is 11.8 Å². The van der Waals surface area contributed by atoms with Crippen LogP contribution in [0.1, 0.15) is 35.0 Å². The Morgan fingerprint density at radius 1 is 1.40 bits per heavy atom. The Morgan fingerprint density at radius 2 is 2.24 bits per heavy atom. The highest BCUT2D eigenvalue weighted by atomic mass is 32.2. The van der Waals surface area contributed by atoms with E-state index >= 15 is 0 Å². The zero-order valence-corrected chi connectivity index (χ0v) is 14.9. The van der Waals surface area contributed by atoms with Crippen LogP contribution in [0, 0.1) is 0 Å². The first kappa shape index (κ1) is 16.2. The predicted octanol–water partition coefficient (Wildman–Crippen LogP) is 2.04. The van der Waals surface area contributed by atoms with Crippen molar-refractivity contribution in [1.82, 2.24) is 19.8 Å². The van der Waals surface area contributed by atoms with Crippen molar-refractivity contribution in [2.24, 2.45) is 0 Å². The average molecular weight is 356 g/mol. The van der Waals surface area contributed by atoms with E-state index in [1.807, 2.05) is 37.4 Å². The SMILES string of the molecule is CC[C@H](C(=O)NCc1cn2c(n1)SCC2)N1Cc2ccccc2C1=O. The number of benzene rings is 1. The van der Waals surface area contributed by atoms with Crippen LogP contribution in [0.2, 0.25) is 0 Å². The molecule has 0 radical (unpaired) electrons. The lowest BCUT2D eigenvalue weighted by atomic mass is 10.1. The number of aromatic nitrogens is 2. The molecule has 25 heavy (non-hydrogen) atoms. The standard InChI is InChI=1S/C18H20N4O2S/c1-2-15(22-10-12-5-3-4-6-14(12)17(22)24)16(23)19-9-13-11-21-7-8-25-18(21)20-13/h3-6,11,15H,2,7-10H2,1H3,(H,19,23)/t15-/m1/s1. The molecule has 0 bridgehead atoms. The summed E-state index contributed by atoms with van der Waals surface area (Å²) in [6.45, 7) is 3.79. The number of carbonyl (C=O) groups excluding carboxylic acids is 2. The number of fused-ring (bicyclic) bond motifs is 2. The molecular formula is C18H20N4O2S. The Kier molecular flexibility index (Phi) is 4.25. The molecule has 2 aliphatic heterocycles. The fourth-order valence-corrected chi connectivity index (χ4v) is 4.38. The zero-order chi connectivity index (χ0) is 17.4. The second kappa shape index (κ2) is 6.55. The number of hydrogen-bond acceptors (Lipinski definition) is 4. The van der Waals surface area contributed by atoms with Gasteiger partial charge in [-0.2, -0.15) is 0 Å². The van der Waals surface area contributed by atoms with Crippen molar-refractivity contribution in [2.45, 2.75) is 44.2 Å². The number of carbonyl (C=O) groups is 2. The van der Waals surface area contributed by atoms with E-state index in [0.717, 1.165) is 28.7 Å². The topological polar surface area (TPSA) is 67.2 Å². The molecule has 1 atom stereocenters. The van der Waals surface area contributed by atoms with Crippen molar-refractivity contribution in [3.63, 3.8) is 0 Å². The molecule has 2 amide bonds. The second-order valence-corrected chi connectivity index (χ2v) is 7.35. The van der Waals surface area contributed by atoms with E-state index in [1.165, 1.54) is 0 Å². The first-order chi connectivity index (χ1) is 12.2. The van der Waals surface area contributed by atoms with Crippen LogP contribution in [0.15, 0.2) is 35.6 Å². The lowest BCUT2D eigenvalue weighted by Crippen LogP contribution is -2.46. The average Bonchev–Trinajstić information content (AvgIpc) is 3.28. The second-order valence-electron chi connectivity index (χ2n) is 6.29. The third-order valence-electron chi connectivity index (χ3n) is 4.71. The minimum absolute atomic E-state index is 0.0602. The third-order valence-corrected chi connectivity index (χ3v) is 5.68. The summed E-state index contributed by atoms with van der Waals surface area (Å²) in [6, 6.07) is 7.10. The van der Waals surface area contributed by atoms with Crippen LogP contribution in [-0.4, -0.2) is 38.1 Å². The van der Waals surface area contributed by atoms with Gasteiger partial charge in [0.25, 0.3) is 5.91 Å². The Morgan fingerprint density at radius 3 is 3.00 bits per heavy atom. The quantitative estimate of drug-likeness (QED) is 0.890. The van der Waals surface area contributed by atoms with Crippen molar-refractivity contribution in [2.75, 3.05) is 5.75 Å². The highest BCUT2D eigenvalue weighted by molar-refractivity contribution is 7.99. The Labute approximate surface area is 150 Å². The first-order valence-electron chi connectivity index (χ1n) is 8.53. The van der Waals surface area contributed by atoms with Gasteiger partial charge in [0.1, 0.15) is 6.04 Å². The Balaban J connectivity index is 1.42. The van der Waals surface area contributed by atoms with E-state index in [0.29, 0.717) is 25.1 Å². The van der Waals surface area contributed by atoms with Gasteiger partial charge in [0.15, 0.2) is 5.16 Å². The van der Waals surface area contributed by atoms with E-state index in [-0.39, 0.29) is 11.8 Å². The molecule has 0 unspecified atom stereocenters. The molecule has 2 aromatic rings. The highest BCUT2D eigenvalue weighted by Gasteiger charge is 2.35. The molecule has 0 saturated carbocycles. The molecule has 7 heteroatoms. The van der Waals surface area contributed by atoms with Gasteiger partial charge in [0.2, 0.25) is 5.91 Å². The van der Waals surface area contributed by atoms with Crippen molar-refractivity contribution in [3.8, 4) is 0 Å². The van der Waals surface area contributed by atoms with Crippen LogP contribution in [0.4, 0.5) is 0 Å². The number of rotatable bonds is 5. The van der Waals surface area contributed by atoms with Gasteiger partial charge in [-0.3, -0.25) is 9.59 Å². The Hall–Kier alpha value is -2.28. The number of hydrogen-bond donors (Lipinski definition) is 1. The van der Waals surface area contributed by atoms with Crippen molar-refractivity contribution < 1.29 is 9.59 Å². The maximum Gasteiger partial charge on any atom is 0.255 e. The molecule has 0 aliphatic carbocycles. The molecule has 1 aromatic heterocycles. The van der Waals surface area contributed by atoms with Crippen molar-refractivity contribution in [3.05, 3.63) is 47.3 Å². The van der Waals surface area contributed by atoms with E-state index in [2.05, 4.69) is 14.9 Å². The molecule has 4 rings (SSSR count). The fraction of sp³-hybridized carbons (Fsp3) is 0.389. The summed E-state index contributed by atoms with van der Waals surface area (Å²) in [6.07, 6.45) is 2.58. The normalized spacial score (nSPS) is 16.7. The predicted molar refractivity (Wildman–Crippen MR) is 95.2 cm³/mol. The molecule has 3 heterocycles. The minimum atomic E-state index is -0.455. The van der Waals surface area contributed by atoms with Gasteiger partial charge in [-0.25, -0.2) is 4.98 Å². The summed E-state index contributed by atoms with van der Waals surface area (Å²) in [4.78, 5) is 31.5. The van der Waals surface area contributed by atoms with Gasteiger partial charge in [0.05, 0.1) is 12.2 Å². The van der Waals surface area contributed by atoms with Crippen molar-refractivity contribution in [1.29, 1.82) is 0 Å². The van der Waals surface area contributed by atoms with Crippen LogP contribution in [-0.2, 0) is 24.4 Å². The van der Waals surface area contributed by atoms with Crippen LogP contribution < -0.4 is 5.32 Å². The van der Waals surface area contributed by atoms with Crippen LogP contribution in [0.5, 0.6) is 0 Å². The van der Waals surface area contributed by atoms with Gasteiger partial charge in [-0.1, -0.05) is 36.9 Å². The summed E-state index contributed by atoms with van der Waals surface area (Å²) in [5, 5.41) is 3.96. The van der Waals surface area contributed by atoms with Gasteiger partial charge < -0.3 is 14.8 Å². The summed E-state index contributed by atoms with van der Waals surface area (Å²) in [7, 11) is 0. The van der Waals surface area contributed by atoms with Crippen molar-refractivity contribution >= 4 is 23.6 Å². The largest absolute Gasteiger partial charge is 0.349 e. The Bertz CT molecular complexity index is 811. The molecule has 1 aromatic carbocycles. The monoisotopic (exact) mass is 356 g/mol. The van der Waals surface area contributed by atoms with E-state index in [4.69, 9.17) is 0 Å². The number of imidazole rings is 1. The lowest BCUT2D eigenvalue weighted by Gasteiger charge is -2.25. The smallest absolute Gasteiger partial charge is 0.255 e. The van der Waals surface area contributed by atoms with Crippen LogP contribution in [0.25, 0.3) is 0 Å². The number of nitrogens with one attached hydrogen (secondary N) is 1. The zero-order valence-electron chi connectivity index (χ0n) is 14.1. The molecule has 1 N–H and O–H groups in total. The van der Waals surface area contributed by atoms with Gasteiger partial charge in [-0.05, 0) is 18.1 Å². The van der Waals surface area contributed by atoms with Gasteiger partial charge >= 0.3 is 0 Å². The number of aryl methyl sites for hydroxylation is 1. The fourth-order valence-electron chi connectivity index (χ4n) is 3.42. The third kappa shape index (κ3) is 2.93. The molecule has 130 valence electrons. The number of thioether (sulfide) groups is 1. The molecule has 0 spiro atoms. The molecule has 0 fully saturated rings. The summed E-state index contributed by atoms with van der Waals surface area (Å²) in [5.41, 5.74) is 2.55. The van der Waals surface area contributed by atoms with E-state index < -0.39 is 6.04 Å². The number of nitrogens with zero attached hydrogens (tertiary/aromatic N) is 3. The van der Waals surface area contributed by atoms with E-state index in [9.17, 15) is 9.59 Å². The number of amides is 2. The molecule has 0 saturated heterocycles. The van der Waals surface area contributed by atoms with Gasteiger partial charge in [0, 0.05) is 30.6 Å². The lowest BCUT2D eigenvalue weighted by molar-refractivity contribution is -0.126. The van der Waals surface area contributed by atoms with E-state index in [1.54, 1.807) is 16.7 Å². The highest BCUT2D eigenvalue weighted by Crippen LogP contribution is 2.26. The molecule has 2 aliphatic rings. The summed E-state index contributed by atoms with van der Waals surface area (Å²) >= 11 is 1.73. The minimum Gasteiger partial charge on any atom is -0.349 e. The maximum atomic E-state index is 12.7. The van der Waals surface area contributed by atoms with Crippen LogP contribution in [0.3, 0.4) is 0 Å².